The second kappa shape index (κ2) is 4.98. The normalized spacial score (nSPS) is 26.9. The number of hydrogen-bond donors (Lipinski definition) is 2. The summed E-state index contributed by atoms with van der Waals surface area (Å²) in [5, 5.41) is 0. The maximum Gasteiger partial charge on any atom is 0.0493 e. The summed E-state index contributed by atoms with van der Waals surface area (Å²) in [6.07, 6.45) is 3.98. The van der Waals surface area contributed by atoms with Gasteiger partial charge in [-0.25, -0.2) is 0 Å². The molecule has 0 aliphatic heterocycles. The van der Waals surface area contributed by atoms with Crippen molar-refractivity contribution >= 4 is 0 Å². The van der Waals surface area contributed by atoms with E-state index in [0.29, 0.717) is 12.0 Å². The standard InChI is InChI=1S/C14H22N2/c1-10-6-3-4-8-12(10)14(16-15)13-9-5-7-11(13)2/h3-4,6,8,11,13-14,16H,5,7,9,15H2,1-2H3. The van der Waals surface area contributed by atoms with Crippen molar-refractivity contribution in [1.82, 2.24) is 5.43 Å². The molecule has 16 heavy (non-hydrogen) atoms. The van der Waals surface area contributed by atoms with Crippen LogP contribution in [0.4, 0.5) is 0 Å². The Hall–Kier alpha value is -0.860. The van der Waals surface area contributed by atoms with E-state index in [1.54, 1.807) is 0 Å². The first kappa shape index (κ1) is 11.6. The number of hydrazine groups is 1. The fourth-order valence-electron chi connectivity index (χ4n) is 3.05. The second-order valence-electron chi connectivity index (χ2n) is 5.07. The zero-order valence-corrected chi connectivity index (χ0v) is 10.2. The summed E-state index contributed by atoms with van der Waals surface area (Å²) in [5.41, 5.74) is 5.73. The van der Waals surface area contributed by atoms with E-state index in [9.17, 15) is 0 Å². The lowest BCUT2D eigenvalue weighted by Crippen LogP contribution is -2.35. The van der Waals surface area contributed by atoms with Crippen LogP contribution in [0, 0.1) is 18.8 Å². The summed E-state index contributed by atoms with van der Waals surface area (Å²) in [6.45, 7) is 4.51. The van der Waals surface area contributed by atoms with Gasteiger partial charge in [0, 0.05) is 6.04 Å². The van der Waals surface area contributed by atoms with Crippen LogP contribution >= 0.6 is 0 Å². The molecule has 0 bridgehead atoms. The maximum atomic E-state index is 5.77. The highest BCUT2D eigenvalue weighted by molar-refractivity contribution is 5.29. The number of rotatable bonds is 3. The van der Waals surface area contributed by atoms with Gasteiger partial charge in [-0.2, -0.15) is 0 Å². The molecule has 3 atom stereocenters. The van der Waals surface area contributed by atoms with Gasteiger partial charge in [-0.3, -0.25) is 11.3 Å². The van der Waals surface area contributed by atoms with Gasteiger partial charge in [0.2, 0.25) is 0 Å². The van der Waals surface area contributed by atoms with Gasteiger partial charge in [-0.05, 0) is 36.3 Å². The van der Waals surface area contributed by atoms with E-state index in [4.69, 9.17) is 5.84 Å². The molecule has 3 N–H and O–H groups in total. The summed E-state index contributed by atoms with van der Waals surface area (Å²) >= 11 is 0. The molecule has 88 valence electrons. The topological polar surface area (TPSA) is 38.0 Å². The minimum atomic E-state index is 0.318. The zero-order chi connectivity index (χ0) is 11.5. The predicted molar refractivity (Wildman–Crippen MR) is 67.7 cm³/mol. The molecule has 2 nitrogen and oxygen atoms in total. The Morgan fingerprint density at radius 1 is 1.31 bits per heavy atom. The predicted octanol–water partition coefficient (Wildman–Crippen LogP) is 2.94. The lowest BCUT2D eigenvalue weighted by Gasteiger charge is -2.27. The van der Waals surface area contributed by atoms with Crippen LogP contribution in [0.25, 0.3) is 0 Å². The molecule has 0 aromatic heterocycles. The van der Waals surface area contributed by atoms with Crippen LogP contribution < -0.4 is 11.3 Å². The van der Waals surface area contributed by atoms with E-state index in [1.165, 1.54) is 30.4 Å². The van der Waals surface area contributed by atoms with Crippen LogP contribution in [-0.2, 0) is 0 Å². The molecule has 2 rings (SSSR count). The Morgan fingerprint density at radius 2 is 2.06 bits per heavy atom. The number of benzene rings is 1. The van der Waals surface area contributed by atoms with Crippen LogP contribution in [-0.4, -0.2) is 0 Å². The molecule has 0 amide bonds. The molecular weight excluding hydrogens is 196 g/mol. The molecule has 1 aliphatic carbocycles. The quantitative estimate of drug-likeness (QED) is 0.604. The molecule has 1 fully saturated rings. The third kappa shape index (κ3) is 2.13. The summed E-state index contributed by atoms with van der Waals surface area (Å²) < 4.78 is 0. The maximum absolute atomic E-state index is 5.77. The fourth-order valence-corrected chi connectivity index (χ4v) is 3.05. The van der Waals surface area contributed by atoms with Gasteiger partial charge in [0.1, 0.15) is 0 Å². The van der Waals surface area contributed by atoms with Crippen molar-refractivity contribution in [1.29, 1.82) is 0 Å². The monoisotopic (exact) mass is 218 g/mol. The van der Waals surface area contributed by atoms with Gasteiger partial charge in [-0.1, -0.05) is 44.0 Å². The third-order valence-corrected chi connectivity index (χ3v) is 4.06. The van der Waals surface area contributed by atoms with Crippen LogP contribution in [0.2, 0.25) is 0 Å². The number of nitrogens with two attached hydrogens (primary N) is 1. The minimum absolute atomic E-state index is 0.318. The first-order chi connectivity index (χ1) is 7.74. The Balaban J connectivity index is 2.25. The first-order valence-electron chi connectivity index (χ1n) is 6.25. The van der Waals surface area contributed by atoms with Crippen LogP contribution in [0.5, 0.6) is 0 Å². The molecule has 0 radical (unpaired) electrons. The number of aryl methyl sites for hydroxylation is 1. The van der Waals surface area contributed by atoms with E-state index < -0.39 is 0 Å². The molecule has 3 unspecified atom stereocenters. The van der Waals surface area contributed by atoms with Crippen molar-refractivity contribution in [2.75, 3.05) is 0 Å². The average Bonchev–Trinajstić information content (AvgIpc) is 2.69. The van der Waals surface area contributed by atoms with E-state index >= 15 is 0 Å². The van der Waals surface area contributed by atoms with Gasteiger partial charge in [0.15, 0.2) is 0 Å². The molecular formula is C14H22N2. The van der Waals surface area contributed by atoms with Crippen molar-refractivity contribution in [3.05, 3.63) is 35.4 Å². The van der Waals surface area contributed by atoms with Gasteiger partial charge in [0.05, 0.1) is 0 Å². The highest BCUT2D eigenvalue weighted by Gasteiger charge is 2.31. The lowest BCUT2D eigenvalue weighted by molar-refractivity contribution is 0.304. The van der Waals surface area contributed by atoms with Crippen molar-refractivity contribution in [3.8, 4) is 0 Å². The largest absolute Gasteiger partial charge is 0.271 e. The Labute approximate surface area is 98.2 Å². The summed E-state index contributed by atoms with van der Waals surface area (Å²) in [5.74, 6) is 7.23. The highest BCUT2D eigenvalue weighted by Crippen LogP contribution is 2.40. The van der Waals surface area contributed by atoms with E-state index in [0.717, 1.165) is 5.92 Å². The number of nitrogens with one attached hydrogen (secondary N) is 1. The van der Waals surface area contributed by atoms with E-state index in [-0.39, 0.29) is 0 Å². The second-order valence-corrected chi connectivity index (χ2v) is 5.07. The molecule has 1 aromatic rings. The van der Waals surface area contributed by atoms with Crippen LogP contribution in [0.1, 0.15) is 43.4 Å². The SMILES string of the molecule is Cc1ccccc1C(NN)C1CCCC1C. The molecule has 0 saturated heterocycles. The summed E-state index contributed by atoms with van der Waals surface area (Å²) in [4.78, 5) is 0. The average molecular weight is 218 g/mol. The van der Waals surface area contributed by atoms with Crippen molar-refractivity contribution in [2.45, 2.75) is 39.2 Å². The third-order valence-electron chi connectivity index (χ3n) is 4.06. The first-order valence-corrected chi connectivity index (χ1v) is 6.25. The number of hydrogen-bond acceptors (Lipinski definition) is 2. The Morgan fingerprint density at radius 3 is 2.62 bits per heavy atom. The Kier molecular flexibility index (Phi) is 3.62. The van der Waals surface area contributed by atoms with Crippen molar-refractivity contribution in [2.24, 2.45) is 17.7 Å². The fraction of sp³-hybridized carbons (Fsp3) is 0.571. The Bertz CT molecular complexity index is 348. The van der Waals surface area contributed by atoms with Crippen molar-refractivity contribution < 1.29 is 0 Å². The zero-order valence-electron chi connectivity index (χ0n) is 10.2. The molecule has 2 heteroatoms. The van der Waals surface area contributed by atoms with Crippen LogP contribution in [0.15, 0.2) is 24.3 Å². The highest BCUT2D eigenvalue weighted by atomic mass is 15.2. The van der Waals surface area contributed by atoms with Crippen molar-refractivity contribution in [3.63, 3.8) is 0 Å². The molecule has 0 spiro atoms. The van der Waals surface area contributed by atoms with Gasteiger partial charge in [0.25, 0.3) is 0 Å². The lowest BCUT2D eigenvalue weighted by atomic mass is 9.85. The van der Waals surface area contributed by atoms with Gasteiger partial charge >= 0.3 is 0 Å². The van der Waals surface area contributed by atoms with Crippen LogP contribution in [0.3, 0.4) is 0 Å². The molecule has 0 heterocycles. The van der Waals surface area contributed by atoms with Gasteiger partial charge < -0.3 is 0 Å². The summed E-state index contributed by atoms with van der Waals surface area (Å²) in [6, 6.07) is 8.87. The molecule has 1 aliphatic rings. The van der Waals surface area contributed by atoms with E-state index in [2.05, 4.69) is 43.5 Å². The minimum Gasteiger partial charge on any atom is -0.271 e. The summed E-state index contributed by atoms with van der Waals surface area (Å²) in [7, 11) is 0. The van der Waals surface area contributed by atoms with E-state index in [1.807, 2.05) is 0 Å². The van der Waals surface area contributed by atoms with Gasteiger partial charge in [-0.15, -0.1) is 0 Å². The smallest absolute Gasteiger partial charge is 0.0493 e. The molecule has 1 aromatic carbocycles. The molecule has 1 saturated carbocycles.